The molecule has 0 radical (unpaired) electrons. The summed E-state index contributed by atoms with van der Waals surface area (Å²) in [6, 6.07) is 23.2. The number of nitrogens with zero attached hydrogens (tertiary/aromatic N) is 2. The van der Waals surface area contributed by atoms with Gasteiger partial charge in [-0.2, -0.15) is 10.2 Å². The minimum atomic E-state index is -3.63. The van der Waals surface area contributed by atoms with Crippen LogP contribution in [0, 0.1) is 0 Å². The molecule has 0 bridgehead atoms. The molecule has 0 aliphatic rings. The first kappa shape index (κ1) is 19.8. The van der Waals surface area contributed by atoms with Crippen LogP contribution in [0.4, 0.5) is 17.1 Å². The molecule has 0 saturated heterocycles. The molecule has 0 saturated carbocycles. The Morgan fingerprint density at radius 3 is 1.96 bits per heavy atom. The van der Waals surface area contributed by atoms with Gasteiger partial charge in [0, 0.05) is 5.69 Å². The van der Waals surface area contributed by atoms with Crippen molar-refractivity contribution in [3.63, 3.8) is 0 Å². The van der Waals surface area contributed by atoms with Crippen molar-refractivity contribution >= 4 is 27.1 Å². The minimum absolute atomic E-state index is 0.243. The molecule has 0 amide bonds. The van der Waals surface area contributed by atoms with Crippen LogP contribution in [-0.4, -0.2) is 8.42 Å². The molecule has 0 aliphatic carbocycles. The molecule has 0 heterocycles. The number of anilines is 1. The van der Waals surface area contributed by atoms with Gasteiger partial charge in [-0.15, -0.1) is 0 Å². The fourth-order valence-corrected chi connectivity index (χ4v) is 3.69. The van der Waals surface area contributed by atoms with Gasteiger partial charge in [0.25, 0.3) is 10.0 Å². The standard InChI is InChI=1S/C22H23N3O2S/c1-3-17(2)18-9-15-22(16-10-18)28(26,27)25-21-13-11-20(12-14-21)24-23-19-7-5-4-6-8-19/h4-17,25H,3H2,1-2H3. The van der Waals surface area contributed by atoms with Crippen LogP contribution in [0.15, 0.2) is 94.0 Å². The van der Waals surface area contributed by atoms with E-state index in [1.165, 1.54) is 0 Å². The van der Waals surface area contributed by atoms with Gasteiger partial charge in [0.15, 0.2) is 0 Å². The molecule has 6 heteroatoms. The highest BCUT2D eigenvalue weighted by Gasteiger charge is 2.14. The number of hydrogen-bond donors (Lipinski definition) is 1. The minimum Gasteiger partial charge on any atom is -0.280 e. The van der Waals surface area contributed by atoms with Gasteiger partial charge in [0.05, 0.1) is 16.3 Å². The molecule has 1 atom stereocenters. The largest absolute Gasteiger partial charge is 0.280 e. The highest BCUT2D eigenvalue weighted by Crippen LogP contribution is 2.24. The van der Waals surface area contributed by atoms with Gasteiger partial charge in [0.1, 0.15) is 0 Å². The summed E-state index contributed by atoms with van der Waals surface area (Å²) < 4.78 is 27.8. The monoisotopic (exact) mass is 393 g/mol. The zero-order valence-electron chi connectivity index (χ0n) is 15.9. The normalized spacial score (nSPS) is 12.8. The van der Waals surface area contributed by atoms with E-state index < -0.39 is 10.0 Å². The van der Waals surface area contributed by atoms with Gasteiger partial charge in [-0.3, -0.25) is 4.72 Å². The number of azo groups is 1. The summed E-state index contributed by atoms with van der Waals surface area (Å²) in [6.45, 7) is 4.23. The van der Waals surface area contributed by atoms with Crippen LogP contribution in [0.3, 0.4) is 0 Å². The molecule has 3 aromatic carbocycles. The van der Waals surface area contributed by atoms with Gasteiger partial charge < -0.3 is 0 Å². The lowest BCUT2D eigenvalue weighted by Crippen LogP contribution is -2.12. The van der Waals surface area contributed by atoms with Crippen molar-refractivity contribution in [1.29, 1.82) is 0 Å². The molecule has 5 nitrogen and oxygen atoms in total. The second-order valence-corrected chi connectivity index (χ2v) is 8.25. The van der Waals surface area contributed by atoms with E-state index in [1.807, 2.05) is 42.5 Å². The van der Waals surface area contributed by atoms with E-state index in [0.717, 1.165) is 17.7 Å². The Hall–Kier alpha value is -2.99. The van der Waals surface area contributed by atoms with E-state index in [-0.39, 0.29) is 4.90 Å². The maximum Gasteiger partial charge on any atom is 0.261 e. The summed E-state index contributed by atoms with van der Waals surface area (Å²) in [5, 5.41) is 8.30. The summed E-state index contributed by atoms with van der Waals surface area (Å²) in [4.78, 5) is 0.243. The molecule has 0 aliphatic heterocycles. The fraction of sp³-hybridized carbons (Fsp3) is 0.182. The maximum atomic E-state index is 12.6. The van der Waals surface area contributed by atoms with Gasteiger partial charge in [0.2, 0.25) is 0 Å². The van der Waals surface area contributed by atoms with Crippen molar-refractivity contribution in [3.8, 4) is 0 Å². The Balaban J connectivity index is 1.69. The average molecular weight is 394 g/mol. The molecule has 0 spiro atoms. The SMILES string of the molecule is CCC(C)c1ccc(S(=O)(=O)Nc2ccc(N=Nc3ccccc3)cc2)cc1. The first-order chi connectivity index (χ1) is 13.5. The second-order valence-electron chi connectivity index (χ2n) is 6.57. The van der Waals surface area contributed by atoms with Crippen molar-refractivity contribution in [2.24, 2.45) is 10.2 Å². The molecular formula is C22H23N3O2S. The van der Waals surface area contributed by atoms with Crippen LogP contribution in [-0.2, 0) is 10.0 Å². The van der Waals surface area contributed by atoms with E-state index in [1.54, 1.807) is 36.4 Å². The Morgan fingerprint density at radius 2 is 1.39 bits per heavy atom. The lowest BCUT2D eigenvalue weighted by molar-refractivity contribution is 0.601. The molecule has 3 aromatic rings. The Labute approximate surface area is 166 Å². The highest BCUT2D eigenvalue weighted by atomic mass is 32.2. The van der Waals surface area contributed by atoms with Crippen molar-refractivity contribution < 1.29 is 8.42 Å². The smallest absolute Gasteiger partial charge is 0.261 e. The molecule has 3 rings (SSSR count). The van der Waals surface area contributed by atoms with E-state index in [9.17, 15) is 8.42 Å². The van der Waals surface area contributed by atoms with Gasteiger partial charge in [-0.1, -0.05) is 44.2 Å². The number of nitrogens with one attached hydrogen (secondary N) is 1. The molecular weight excluding hydrogens is 370 g/mol. The lowest BCUT2D eigenvalue weighted by atomic mass is 9.99. The third-order valence-corrected chi connectivity index (χ3v) is 5.93. The highest BCUT2D eigenvalue weighted by molar-refractivity contribution is 7.92. The summed E-state index contributed by atoms with van der Waals surface area (Å²) in [7, 11) is -3.63. The molecule has 1 unspecified atom stereocenters. The van der Waals surface area contributed by atoms with Crippen molar-refractivity contribution in [3.05, 3.63) is 84.4 Å². The van der Waals surface area contributed by atoms with Crippen molar-refractivity contribution in [2.45, 2.75) is 31.1 Å². The van der Waals surface area contributed by atoms with E-state index in [4.69, 9.17) is 0 Å². The number of sulfonamides is 1. The Kier molecular flexibility index (Phi) is 6.21. The van der Waals surface area contributed by atoms with Crippen LogP contribution >= 0.6 is 0 Å². The lowest BCUT2D eigenvalue weighted by Gasteiger charge is -2.11. The third kappa shape index (κ3) is 5.04. The summed E-state index contributed by atoms with van der Waals surface area (Å²) in [5.41, 5.74) is 3.01. The van der Waals surface area contributed by atoms with E-state index >= 15 is 0 Å². The molecule has 144 valence electrons. The van der Waals surface area contributed by atoms with Crippen molar-refractivity contribution in [2.75, 3.05) is 4.72 Å². The van der Waals surface area contributed by atoms with Crippen LogP contribution in [0.2, 0.25) is 0 Å². The van der Waals surface area contributed by atoms with E-state index in [2.05, 4.69) is 28.8 Å². The summed E-state index contributed by atoms with van der Waals surface area (Å²) in [6.07, 6.45) is 1.01. The molecule has 1 N–H and O–H groups in total. The molecule has 0 aromatic heterocycles. The first-order valence-electron chi connectivity index (χ1n) is 9.17. The second kappa shape index (κ2) is 8.80. The number of benzene rings is 3. The van der Waals surface area contributed by atoms with Crippen LogP contribution in [0.5, 0.6) is 0 Å². The predicted octanol–water partition coefficient (Wildman–Crippen LogP) is 6.42. The zero-order valence-corrected chi connectivity index (χ0v) is 16.7. The fourth-order valence-electron chi connectivity index (χ4n) is 2.63. The van der Waals surface area contributed by atoms with E-state index in [0.29, 0.717) is 17.3 Å². The topological polar surface area (TPSA) is 70.9 Å². The van der Waals surface area contributed by atoms with Gasteiger partial charge in [-0.25, -0.2) is 8.42 Å². The zero-order chi connectivity index (χ0) is 20.0. The quantitative estimate of drug-likeness (QED) is 0.471. The predicted molar refractivity (Wildman–Crippen MR) is 113 cm³/mol. The van der Waals surface area contributed by atoms with Crippen LogP contribution in [0.25, 0.3) is 0 Å². The van der Waals surface area contributed by atoms with Crippen LogP contribution in [0.1, 0.15) is 31.7 Å². The molecule has 28 heavy (non-hydrogen) atoms. The summed E-state index contributed by atoms with van der Waals surface area (Å²) in [5.74, 6) is 0.405. The average Bonchev–Trinajstić information content (AvgIpc) is 2.73. The first-order valence-corrected chi connectivity index (χ1v) is 10.7. The van der Waals surface area contributed by atoms with Gasteiger partial charge in [-0.05, 0) is 66.4 Å². The maximum absolute atomic E-state index is 12.6. The third-order valence-electron chi connectivity index (χ3n) is 4.53. The number of hydrogen-bond acceptors (Lipinski definition) is 4. The van der Waals surface area contributed by atoms with Crippen LogP contribution < -0.4 is 4.72 Å². The van der Waals surface area contributed by atoms with Gasteiger partial charge >= 0.3 is 0 Å². The molecule has 0 fully saturated rings. The Bertz CT molecular complexity index is 1030. The van der Waals surface area contributed by atoms with Crippen molar-refractivity contribution in [1.82, 2.24) is 0 Å². The Morgan fingerprint density at radius 1 is 0.821 bits per heavy atom. The number of rotatable bonds is 7. The summed E-state index contributed by atoms with van der Waals surface area (Å²) >= 11 is 0.